The molecule has 0 radical (unpaired) electrons. The minimum absolute atomic E-state index is 0.255. The molecule has 0 saturated carbocycles. The first-order valence-corrected chi connectivity index (χ1v) is 4.51. The Balaban J connectivity index is 2.51. The van der Waals surface area contributed by atoms with Crippen molar-refractivity contribution < 1.29 is 9.47 Å². The normalized spacial score (nSPS) is 13.5. The van der Waals surface area contributed by atoms with Crippen LogP contribution in [0.15, 0.2) is 12.1 Å². The maximum Gasteiger partial charge on any atom is 0.231 e. The van der Waals surface area contributed by atoms with Crippen molar-refractivity contribution in [3.05, 3.63) is 22.7 Å². The Kier molecular flexibility index (Phi) is 2.07. The molecule has 4 heteroatoms. The van der Waals surface area contributed by atoms with Crippen LogP contribution in [0.3, 0.4) is 0 Å². The van der Waals surface area contributed by atoms with Crippen LogP contribution in [0, 0.1) is 0 Å². The van der Waals surface area contributed by atoms with E-state index in [4.69, 9.17) is 21.1 Å². The number of thiol groups is 1. The molecule has 0 bridgehead atoms. The highest BCUT2D eigenvalue weighted by molar-refractivity contribution is 7.79. The number of fused-ring (bicyclic) bond motifs is 1. The molecular formula is C8H7ClO2S. The van der Waals surface area contributed by atoms with Gasteiger partial charge in [0.05, 0.1) is 5.02 Å². The standard InChI is InChI=1S/C8H7ClO2S/c9-6-1-5(3-12)2-7-8(6)11-4-10-7/h1-2,12H,3-4H2. The number of ether oxygens (including phenoxy) is 2. The maximum absolute atomic E-state index is 5.91. The molecule has 2 rings (SSSR count). The fraction of sp³-hybridized carbons (Fsp3) is 0.250. The molecule has 0 unspecified atom stereocenters. The Bertz CT molecular complexity index is 314. The second-order valence-electron chi connectivity index (χ2n) is 2.47. The van der Waals surface area contributed by atoms with Crippen molar-refractivity contribution in [2.75, 3.05) is 6.79 Å². The van der Waals surface area contributed by atoms with Crippen molar-refractivity contribution in [1.29, 1.82) is 0 Å². The highest BCUT2D eigenvalue weighted by atomic mass is 35.5. The first kappa shape index (κ1) is 8.08. The van der Waals surface area contributed by atoms with Gasteiger partial charge in [-0.2, -0.15) is 12.6 Å². The molecule has 1 aromatic rings. The quantitative estimate of drug-likeness (QED) is 0.706. The lowest BCUT2D eigenvalue weighted by Crippen LogP contribution is -1.93. The van der Waals surface area contributed by atoms with E-state index in [2.05, 4.69) is 12.6 Å². The third kappa shape index (κ3) is 1.23. The van der Waals surface area contributed by atoms with Crippen LogP contribution in [0.5, 0.6) is 11.5 Å². The Labute approximate surface area is 80.8 Å². The molecule has 1 aromatic carbocycles. The van der Waals surface area contributed by atoms with Gasteiger partial charge >= 0.3 is 0 Å². The maximum atomic E-state index is 5.91. The molecule has 64 valence electrons. The van der Waals surface area contributed by atoms with Crippen LogP contribution >= 0.6 is 24.2 Å². The zero-order valence-corrected chi connectivity index (χ0v) is 7.86. The lowest BCUT2D eigenvalue weighted by Gasteiger charge is -2.01. The molecule has 0 fully saturated rings. The monoisotopic (exact) mass is 202 g/mol. The van der Waals surface area contributed by atoms with Gasteiger partial charge in [-0.05, 0) is 17.7 Å². The second-order valence-corrected chi connectivity index (χ2v) is 3.19. The van der Waals surface area contributed by atoms with Gasteiger partial charge in [-0.3, -0.25) is 0 Å². The molecule has 0 saturated heterocycles. The Morgan fingerprint density at radius 1 is 1.42 bits per heavy atom. The minimum atomic E-state index is 0.255. The van der Waals surface area contributed by atoms with Crippen LogP contribution in [-0.2, 0) is 5.75 Å². The lowest BCUT2D eigenvalue weighted by atomic mass is 10.2. The van der Waals surface area contributed by atoms with E-state index in [-0.39, 0.29) is 6.79 Å². The molecule has 1 aliphatic rings. The van der Waals surface area contributed by atoms with Gasteiger partial charge in [0.1, 0.15) is 0 Å². The summed E-state index contributed by atoms with van der Waals surface area (Å²) in [6.45, 7) is 0.255. The summed E-state index contributed by atoms with van der Waals surface area (Å²) < 4.78 is 10.3. The third-order valence-corrected chi connectivity index (χ3v) is 2.32. The van der Waals surface area contributed by atoms with Gasteiger partial charge in [0.25, 0.3) is 0 Å². The lowest BCUT2D eigenvalue weighted by molar-refractivity contribution is 0.174. The largest absolute Gasteiger partial charge is 0.454 e. The Morgan fingerprint density at radius 2 is 2.25 bits per heavy atom. The molecule has 0 aliphatic carbocycles. The molecule has 0 atom stereocenters. The van der Waals surface area contributed by atoms with Crippen LogP contribution in [-0.4, -0.2) is 6.79 Å². The van der Waals surface area contributed by atoms with E-state index >= 15 is 0 Å². The fourth-order valence-electron chi connectivity index (χ4n) is 1.11. The molecule has 0 aromatic heterocycles. The van der Waals surface area contributed by atoms with Crippen molar-refractivity contribution in [3.63, 3.8) is 0 Å². The minimum Gasteiger partial charge on any atom is -0.454 e. The van der Waals surface area contributed by atoms with E-state index in [1.54, 1.807) is 0 Å². The first-order valence-electron chi connectivity index (χ1n) is 3.50. The Hall–Kier alpha value is -0.540. The molecule has 0 N–H and O–H groups in total. The summed E-state index contributed by atoms with van der Waals surface area (Å²) in [6.07, 6.45) is 0. The topological polar surface area (TPSA) is 18.5 Å². The summed E-state index contributed by atoms with van der Waals surface area (Å²) in [7, 11) is 0. The van der Waals surface area contributed by atoms with Gasteiger partial charge in [0.2, 0.25) is 6.79 Å². The summed E-state index contributed by atoms with van der Waals surface area (Å²) >= 11 is 10.1. The van der Waals surface area contributed by atoms with E-state index in [1.165, 1.54) is 0 Å². The van der Waals surface area contributed by atoms with Crippen molar-refractivity contribution in [2.45, 2.75) is 5.75 Å². The summed E-state index contributed by atoms with van der Waals surface area (Å²) in [6, 6.07) is 3.73. The zero-order chi connectivity index (χ0) is 8.55. The van der Waals surface area contributed by atoms with Crippen molar-refractivity contribution in [2.24, 2.45) is 0 Å². The number of benzene rings is 1. The number of hydrogen-bond acceptors (Lipinski definition) is 3. The van der Waals surface area contributed by atoms with Crippen LogP contribution in [0.4, 0.5) is 0 Å². The van der Waals surface area contributed by atoms with E-state index in [0.29, 0.717) is 22.3 Å². The summed E-state index contributed by atoms with van der Waals surface area (Å²) in [4.78, 5) is 0. The molecule has 0 spiro atoms. The van der Waals surface area contributed by atoms with E-state index in [1.807, 2.05) is 12.1 Å². The highest BCUT2D eigenvalue weighted by Gasteiger charge is 2.17. The molecular weight excluding hydrogens is 196 g/mol. The number of hydrogen-bond donors (Lipinski definition) is 1. The average molecular weight is 203 g/mol. The Morgan fingerprint density at radius 3 is 3.00 bits per heavy atom. The molecule has 1 aliphatic heterocycles. The van der Waals surface area contributed by atoms with Crippen LogP contribution in [0.1, 0.15) is 5.56 Å². The average Bonchev–Trinajstić information content (AvgIpc) is 2.52. The van der Waals surface area contributed by atoms with Crippen molar-refractivity contribution >= 4 is 24.2 Å². The van der Waals surface area contributed by atoms with Crippen LogP contribution in [0.2, 0.25) is 5.02 Å². The predicted octanol–water partition coefficient (Wildman–Crippen LogP) is 2.50. The second kappa shape index (κ2) is 3.07. The summed E-state index contributed by atoms with van der Waals surface area (Å²) in [5, 5.41) is 0.592. The van der Waals surface area contributed by atoms with E-state index in [0.717, 1.165) is 5.56 Å². The van der Waals surface area contributed by atoms with Gasteiger partial charge in [-0.1, -0.05) is 11.6 Å². The van der Waals surface area contributed by atoms with Crippen molar-refractivity contribution in [1.82, 2.24) is 0 Å². The molecule has 12 heavy (non-hydrogen) atoms. The number of rotatable bonds is 1. The van der Waals surface area contributed by atoms with Gasteiger partial charge in [0, 0.05) is 5.75 Å². The van der Waals surface area contributed by atoms with Crippen molar-refractivity contribution in [3.8, 4) is 11.5 Å². The molecule has 2 nitrogen and oxygen atoms in total. The number of halogens is 1. The van der Waals surface area contributed by atoms with Gasteiger partial charge < -0.3 is 9.47 Å². The van der Waals surface area contributed by atoms with Gasteiger partial charge in [-0.15, -0.1) is 0 Å². The van der Waals surface area contributed by atoms with Crippen LogP contribution in [0.25, 0.3) is 0 Å². The molecule has 1 heterocycles. The molecule has 0 amide bonds. The zero-order valence-electron chi connectivity index (χ0n) is 6.21. The van der Waals surface area contributed by atoms with E-state index in [9.17, 15) is 0 Å². The summed E-state index contributed by atoms with van der Waals surface area (Å²) in [5.41, 5.74) is 1.03. The first-order chi connectivity index (χ1) is 5.81. The highest BCUT2D eigenvalue weighted by Crippen LogP contribution is 2.39. The summed E-state index contributed by atoms with van der Waals surface area (Å²) in [5.74, 6) is 2.00. The predicted molar refractivity (Wildman–Crippen MR) is 50.3 cm³/mol. The smallest absolute Gasteiger partial charge is 0.231 e. The van der Waals surface area contributed by atoms with Gasteiger partial charge in [0.15, 0.2) is 11.5 Å². The third-order valence-electron chi connectivity index (χ3n) is 1.67. The van der Waals surface area contributed by atoms with Crippen LogP contribution < -0.4 is 9.47 Å². The SMILES string of the molecule is SCc1cc(Cl)c2c(c1)OCO2. The van der Waals surface area contributed by atoms with Gasteiger partial charge in [-0.25, -0.2) is 0 Å². The fourth-order valence-corrected chi connectivity index (χ4v) is 1.58. The van der Waals surface area contributed by atoms with E-state index < -0.39 is 0 Å².